The van der Waals surface area contributed by atoms with Gasteiger partial charge >= 0.3 is 0 Å². The first-order valence-electron chi connectivity index (χ1n) is 8.22. The average Bonchev–Trinajstić information content (AvgIpc) is 2.60. The van der Waals surface area contributed by atoms with Crippen LogP contribution in [0.1, 0.15) is 31.1 Å². The van der Waals surface area contributed by atoms with Gasteiger partial charge in [0.25, 0.3) is 0 Å². The molecular formula is C21H21Br2NO. The fraction of sp³-hybridized carbons (Fsp3) is 0.238. The Balaban J connectivity index is 1.76. The number of benzene rings is 3. The quantitative estimate of drug-likeness (QED) is 0.489. The predicted octanol–water partition coefficient (Wildman–Crippen LogP) is 5.97. The molecule has 0 aliphatic rings. The van der Waals surface area contributed by atoms with Gasteiger partial charge in [-0.1, -0.05) is 68.3 Å². The van der Waals surface area contributed by atoms with Crippen molar-refractivity contribution in [2.75, 3.05) is 0 Å². The van der Waals surface area contributed by atoms with Crippen molar-refractivity contribution in [2.45, 2.75) is 32.0 Å². The van der Waals surface area contributed by atoms with Crippen LogP contribution in [0, 0.1) is 0 Å². The number of aliphatic hydroxyl groups excluding tert-OH is 1. The van der Waals surface area contributed by atoms with Gasteiger partial charge in [-0.3, -0.25) is 0 Å². The number of fused-ring (bicyclic) bond motifs is 1. The highest BCUT2D eigenvalue weighted by molar-refractivity contribution is 9.11. The normalized spacial score (nSPS) is 13.2. The molecule has 0 saturated heterocycles. The molecular weight excluding hydrogens is 442 g/mol. The standard InChI is InChI=1S/C21H21Br2NO/c1-21(2,20(25)15-7-9-17(22)10-8-15)24-13-14-11-16-5-3-4-6-18(16)19(23)12-14/h3-12,20,24-25H,13H2,1-2H3. The minimum Gasteiger partial charge on any atom is -0.387 e. The minimum absolute atomic E-state index is 0.452. The zero-order valence-corrected chi connectivity index (χ0v) is 17.4. The van der Waals surface area contributed by atoms with Crippen molar-refractivity contribution >= 4 is 42.6 Å². The number of halogens is 2. The summed E-state index contributed by atoms with van der Waals surface area (Å²) in [5, 5.41) is 16.7. The van der Waals surface area contributed by atoms with E-state index in [4.69, 9.17) is 0 Å². The van der Waals surface area contributed by atoms with Crippen LogP contribution in [0.25, 0.3) is 10.8 Å². The van der Waals surface area contributed by atoms with Crippen molar-refractivity contribution in [1.82, 2.24) is 5.32 Å². The summed E-state index contributed by atoms with van der Waals surface area (Å²) >= 11 is 7.09. The summed E-state index contributed by atoms with van der Waals surface area (Å²) < 4.78 is 2.10. The fourth-order valence-corrected chi connectivity index (χ4v) is 3.83. The summed E-state index contributed by atoms with van der Waals surface area (Å²) in [5.41, 5.74) is 1.63. The van der Waals surface area contributed by atoms with E-state index in [1.807, 2.05) is 50.2 Å². The maximum atomic E-state index is 10.8. The average molecular weight is 463 g/mol. The zero-order chi connectivity index (χ0) is 18.0. The molecule has 1 atom stereocenters. The molecule has 3 rings (SSSR count). The molecule has 4 heteroatoms. The van der Waals surface area contributed by atoms with Gasteiger partial charge in [0.2, 0.25) is 0 Å². The molecule has 1 unspecified atom stereocenters. The maximum absolute atomic E-state index is 10.8. The molecule has 3 aromatic rings. The van der Waals surface area contributed by atoms with Crippen molar-refractivity contribution in [3.8, 4) is 0 Å². The van der Waals surface area contributed by atoms with Gasteiger partial charge in [-0.2, -0.15) is 0 Å². The molecule has 0 saturated carbocycles. The predicted molar refractivity (Wildman–Crippen MR) is 112 cm³/mol. The van der Waals surface area contributed by atoms with Crippen molar-refractivity contribution in [1.29, 1.82) is 0 Å². The van der Waals surface area contributed by atoms with Crippen LogP contribution in [-0.4, -0.2) is 10.6 Å². The highest BCUT2D eigenvalue weighted by atomic mass is 79.9. The molecule has 0 aromatic heterocycles. The second-order valence-electron chi connectivity index (χ2n) is 6.83. The Labute approximate surface area is 165 Å². The lowest BCUT2D eigenvalue weighted by Crippen LogP contribution is -2.44. The second-order valence-corrected chi connectivity index (χ2v) is 8.60. The third-order valence-electron chi connectivity index (χ3n) is 4.49. The van der Waals surface area contributed by atoms with Crippen molar-refractivity contribution in [2.24, 2.45) is 0 Å². The van der Waals surface area contributed by atoms with Crippen molar-refractivity contribution in [3.05, 3.63) is 80.7 Å². The SMILES string of the molecule is CC(C)(NCc1cc(Br)c2ccccc2c1)C(O)c1ccc(Br)cc1. The molecule has 0 aliphatic carbocycles. The van der Waals surface area contributed by atoms with E-state index in [-0.39, 0.29) is 0 Å². The second kappa shape index (κ2) is 7.58. The molecule has 2 N–H and O–H groups in total. The Morgan fingerprint density at radius 1 is 1.00 bits per heavy atom. The lowest BCUT2D eigenvalue weighted by Gasteiger charge is -2.32. The zero-order valence-electron chi connectivity index (χ0n) is 14.3. The first kappa shape index (κ1) is 18.6. The molecule has 0 heterocycles. The van der Waals surface area contributed by atoms with E-state index < -0.39 is 11.6 Å². The summed E-state index contributed by atoms with van der Waals surface area (Å²) in [6.45, 7) is 4.73. The summed E-state index contributed by atoms with van der Waals surface area (Å²) in [4.78, 5) is 0. The molecule has 2 nitrogen and oxygen atoms in total. The van der Waals surface area contributed by atoms with E-state index in [1.165, 1.54) is 16.3 Å². The van der Waals surface area contributed by atoms with E-state index in [0.29, 0.717) is 6.54 Å². The van der Waals surface area contributed by atoms with Gasteiger partial charge in [0.15, 0.2) is 0 Å². The maximum Gasteiger partial charge on any atom is 0.0966 e. The smallest absolute Gasteiger partial charge is 0.0966 e. The number of nitrogens with one attached hydrogen (secondary N) is 1. The van der Waals surface area contributed by atoms with Crippen LogP contribution in [0.2, 0.25) is 0 Å². The van der Waals surface area contributed by atoms with Gasteiger partial charge in [-0.15, -0.1) is 0 Å². The molecule has 0 amide bonds. The third-order valence-corrected chi connectivity index (χ3v) is 5.67. The lowest BCUT2D eigenvalue weighted by molar-refractivity contribution is 0.0791. The Hall–Kier alpha value is -1.20. The molecule has 3 aromatic carbocycles. The number of aliphatic hydroxyl groups is 1. The number of hydrogen-bond acceptors (Lipinski definition) is 2. The van der Waals surface area contributed by atoms with Gasteiger partial charge in [0.1, 0.15) is 0 Å². The molecule has 0 spiro atoms. The first-order chi connectivity index (χ1) is 11.9. The van der Waals surface area contributed by atoms with Gasteiger partial charge in [0, 0.05) is 21.0 Å². The summed E-state index contributed by atoms with van der Waals surface area (Å²) in [6.07, 6.45) is -0.593. The van der Waals surface area contributed by atoms with E-state index >= 15 is 0 Å². The molecule has 25 heavy (non-hydrogen) atoms. The summed E-state index contributed by atoms with van der Waals surface area (Å²) in [5.74, 6) is 0. The van der Waals surface area contributed by atoms with Crippen LogP contribution in [0.4, 0.5) is 0 Å². The Kier molecular flexibility index (Phi) is 5.64. The molecule has 0 fully saturated rings. The largest absolute Gasteiger partial charge is 0.387 e. The van der Waals surface area contributed by atoms with Gasteiger partial charge in [0.05, 0.1) is 6.10 Å². The van der Waals surface area contributed by atoms with E-state index in [2.05, 4.69) is 61.4 Å². The van der Waals surface area contributed by atoms with Gasteiger partial charge in [-0.25, -0.2) is 0 Å². The number of rotatable bonds is 5. The highest BCUT2D eigenvalue weighted by Gasteiger charge is 2.28. The van der Waals surface area contributed by atoms with Gasteiger partial charge in [-0.05, 0) is 60.0 Å². The molecule has 0 radical (unpaired) electrons. The van der Waals surface area contributed by atoms with E-state index in [0.717, 1.165) is 14.5 Å². The van der Waals surface area contributed by atoms with Crippen molar-refractivity contribution in [3.63, 3.8) is 0 Å². The molecule has 130 valence electrons. The summed E-state index contributed by atoms with van der Waals surface area (Å²) in [6, 6.07) is 20.4. The van der Waals surface area contributed by atoms with E-state index in [1.54, 1.807) is 0 Å². The van der Waals surface area contributed by atoms with E-state index in [9.17, 15) is 5.11 Å². The first-order valence-corrected chi connectivity index (χ1v) is 9.81. The monoisotopic (exact) mass is 461 g/mol. The summed E-state index contributed by atoms with van der Waals surface area (Å²) in [7, 11) is 0. The van der Waals surface area contributed by atoms with Crippen LogP contribution in [0.3, 0.4) is 0 Å². The lowest BCUT2D eigenvalue weighted by atomic mass is 9.91. The highest BCUT2D eigenvalue weighted by Crippen LogP contribution is 2.29. The third kappa shape index (κ3) is 4.32. The fourth-order valence-electron chi connectivity index (χ4n) is 2.91. The Morgan fingerprint density at radius 3 is 2.40 bits per heavy atom. The Morgan fingerprint density at radius 2 is 1.68 bits per heavy atom. The van der Waals surface area contributed by atoms with Crippen LogP contribution < -0.4 is 5.32 Å². The molecule has 0 bridgehead atoms. The number of hydrogen-bond donors (Lipinski definition) is 2. The van der Waals surface area contributed by atoms with Crippen molar-refractivity contribution < 1.29 is 5.11 Å². The topological polar surface area (TPSA) is 32.3 Å². The van der Waals surface area contributed by atoms with Crippen LogP contribution in [-0.2, 0) is 6.54 Å². The molecule has 0 aliphatic heterocycles. The van der Waals surface area contributed by atoms with Gasteiger partial charge < -0.3 is 10.4 Å². The van der Waals surface area contributed by atoms with Crippen LogP contribution >= 0.6 is 31.9 Å². The minimum atomic E-state index is -0.593. The van der Waals surface area contributed by atoms with Crippen LogP contribution in [0.5, 0.6) is 0 Å². The Bertz CT molecular complexity index is 875. The van der Waals surface area contributed by atoms with Crippen LogP contribution in [0.15, 0.2) is 69.6 Å².